The van der Waals surface area contributed by atoms with Gasteiger partial charge in [0.25, 0.3) is 0 Å². The van der Waals surface area contributed by atoms with E-state index >= 15 is 0 Å². The highest BCUT2D eigenvalue weighted by atomic mass is 16.7. The van der Waals surface area contributed by atoms with E-state index in [2.05, 4.69) is 0 Å². The third-order valence-corrected chi connectivity index (χ3v) is 4.28. The number of benzene rings is 2. The van der Waals surface area contributed by atoms with Crippen molar-refractivity contribution >= 4 is 5.78 Å². The molecule has 24 heavy (non-hydrogen) atoms. The molecule has 2 heterocycles. The van der Waals surface area contributed by atoms with Crippen molar-refractivity contribution in [2.24, 2.45) is 0 Å². The summed E-state index contributed by atoms with van der Waals surface area (Å²) in [5.41, 5.74) is 1.12. The number of methoxy groups -OCH3 is 2. The van der Waals surface area contributed by atoms with Crippen LogP contribution in [0.25, 0.3) is 0 Å². The van der Waals surface area contributed by atoms with Gasteiger partial charge in [-0.1, -0.05) is 30.3 Å². The van der Waals surface area contributed by atoms with Crippen LogP contribution in [0, 0.1) is 0 Å². The lowest BCUT2D eigenvalue weighted by molar-refractivity contribution is -0.173. The molecule has 0 aromatic heterocycles. The second-order valence-corrected chi connectivity index (χ2v) is 5.54. The van der Waals surface area contributed by atoms with Crippen LogP contribution in [0.4, 0.5) is 0 Å². The molecule has 124 valence electrons. The zero-order chi connectivity index (χ0) is 16.7. The highest BCUT2D eigenvalue weighted by molar-refractivity contribution is 6.04. The minimum atomic E-state index is -1.18. The SMILES string of the molecule is COc1c2c(cc3c1C(=O)CC(OC)(c1ccccc1)O3)OCO2. The van der Waals surface area contributed by atoms with Gasteiger partial charge >= 0.3 is 0 Å². The summed E-state index contributed by atoms with van der Waals surface area (Å²) >= 11 is 0. The minimum absolute atomic E-state index is 0.0382. The molecule has 2 aromatic carbocycles. The van der Waals surface area contributed by atoms with Gasteiger partial charge in [0, 0.05) is 18.7 Å². The van der Waals surface area contributed by atoms with Crippen LogP contribution < -0.4 is 18.9 Å². The average Bonchev–Trinajstić information content (AvgIpc) is 3.08. The Kier molecular flexibility index (Phi) is 3.35. The molecular formula is C18H16O6. The summed E-state index contributed by atoms with van der Waals surface area (Å²) < 4.78 is 28.0. The molecule has 0 spiro atoms. The zero-order valence-corrected chi connectivity index (χ0v) is 13.3. The molecule has 0 fully saturated rings. The Balaban J connectivity index is 1.87. The molecular weight excluding hydrogens is 312 g/mol. The number of hydrogen-bond donors (Lipinski definition) is 0. The van der Waals surface area contributed by atoms with E-state index < -0.39 is 5.79 Å². The number of hydrogen-bond acceptors (Lipinski definition) is 6. The van der Waals surface area contributed by atoms with Gasteiger partial charge in [-0.05, 0) is 0 Å². The third-order valence-electron chi connectivity index (χ3n) is 4.28. The summed E-state index contributed by atoms with van der Waals surface area (Å²) in [7, 11) is 3.01. The van der Waals surface area contributed by atoms with E-state index in [-0.39, 0.29) is 19.0 Å². The van der Waals surface area contributed by atoms with Crippen LogP contribution in [0.1, 0.15) is 22.3 Å². The van der Waals surface area contributed by atoms with Crippen molar-refractivity contribution in [1.82, 2.24) is 0 Å². The lowest BCUT2D eigenvalue weighted by atomic mass is 9.92. The smallest absolute Gasteiger partial charge is 0.244 e. The molecule has 1 unspecified atom stereocenters. The Bertz CT molecular complexity index is 801. The number of fused-ring (bicyclic) bond motifs is 2. The van der Waals surface area contributed by atoms with Crippen LogP contribution in [0.2, 0.25) is 0 Å². The summed E-state index contributed by atoms with van der Waals surface area (Å²) in [4.78, 5) is 12.9. The lowest BCUT2D eigenvalue weighted by Crippen LogP contribution is -2.41. The Labute approximate surface area is 138 Å². The van der Waals surface area contributed by atoms with E-state index in [4.69, 9.17) is 23.7 Å². The summed E-state index contributed by atoms with van der Waals surface area (Å²) in [5.74, 6) is 0.290. The highest BCUT2D eigenvalue weighted by Gasteiger charge is 2.45. The van der Waals surface area contributed by atoms with Crippen molar-refractivity contribution < 1.29 is 28.5 Å². The van der Waals surface area contributed by atoms with Crippen molar-refractivity contribution in [3.63, 3.8) is 0 Å². The van der Waals surface area contributed by atoms with Crippen LogP contribution in [0.15, 0.2) is 36.4 Å². The van der Waals surface area contributed by atoms with Crippen LogP contribution in [-0.2, 0) is 10.5 Å². The molecule has 0 N–H and O–H groups in total. The van der Waals surface area contributed by atoms with Gasteiger partial charge in [-0.2, -0.15) is 0 Å². The van der Waals surface area contributed by atoms with Gasteiger partial charge < -0.3 is 23.7 Å². The predicted octanol–water partition coefficient (Wildman–Crippen LogP) is 2.89. The Morgan fingerprint density at radius 1 is 1.08 bits per heavy atom. The van der Waals surface area contributed by atoms with Gasteiger partial charge in [0.05, 0.1) is 13.5 Å². The molecule has 6 heteroatoms. The second-order valence-electron chi connectivity index (χ2n) is 5.54. The molecule has 0 amide bonds. The largest absolute Gasteiger partial charge is 0.492 e. The van der Waals surface area contributed by atoms with Crippen molar-refractivity contribution in [2.75, 3.05) is 21.0 Å². The van der Waals surface area contributed by atoms with E-state index in [1.807, 2.05) is 30.3 Å². The van der Waals surface area contributed by atoms with Crippen molar-refractivity contribution in [3.05, 3.63) is 47.5 Å². The normalized spacial score (nSPS) is 21.2. The fourth-order valence-electron chi connectivity index (χ4n) is 3.13. The van der Waals surface area contributed by atoms with Gasteiger partial charge in [-0.15, -0.1) is 0 Å². The van der Waals surface area contributed by atoms with Gasteiger partial charge in [-0.25, -0.2) is 0 Å². The summed E-state index contributed by atoms with van der Waals surface area (Å²) in [6, 6.07) is 11.0. The van der Waals surface area contributed by atoms with Crippen molar-refractivity contribution in [2.45, 2.75) is 12.2 Å². The average molecular weight is 328 g/mol. The third kappa shape index (κ3) is 2.03. The quantitative estimate of drug-likeness (QED) is 0.863. The standard InChI is InChI=1S/C18H16O6/c1-20-17-15-12(19)9-18(21-2,11-6-4-3-5-7-11)24-13(15)8-14-16(17)23-10-22-14/h3-8H,9-10H2,1-2H3. The molecule has 0 aliphatic carbocycles. The van der Waals surface area contributed by atoms with Gasteiger partial charge in [-0.3, -0.25) is 4.79 Å². The fourth-order valence-corrected chi connectivity index (χ4v) is 3.13. The Morgan fingerprint density at radius 3 is 2.58 bits per heavy atom. The van der Waals surface area contributed by atoms with E-state index in [0.717, 1.165) is 5.56 Å². The number of rotatable bonds is 3. The van der Waals surface area contributed by atoms with E-state index in [9.17, 15) is 4.79 Å². The van der Waals surface area contributed by atoms with Gasteiger partial charge in [0.15, 0.2) is 17.3 Å². The number of carbonyl (C=O) groups is 1. The maximum Gasteiger partial charge on any atom is 0.244 e. The first-order chi connectivity index (χ1) is 11.7. The molecule has 2 aliphatic heterocycles. The van der Waals surface area contributed by atoms with Gasteiger partial charge in [0.1, 0.15) is 11.3 Å². The van der Waals surface area contributed by atoms with Crippen LogP contribution >= 0.6 is 0 Å². The molecule has 0 bridgehead atoms. The number of ketones is 1. The van der Waals surface area contributed by atoms with Crippen molar-refractivity contribution in [3.8, 4) is 23.0 Å². The number of Topliss-reactive ketones (excluding diaryl/α,β-unsaturated/α-hetero) is 1. The van der Waals surface area contributed by atoms with E-state index in [1.54, 1.807) is 6.07 Å². The summed E-state index contributed by atoms with van der Waals surface area (Å²) in [6.45, 7) is 0.0802. The maximum atomic E-state index is 12.9. The first kappa shape index (κ1) is 14.8. The molecule has 0 saturated carbocycles. The van der Waals surface area contributed by atoms with E-state index in [1.165, 1.54) is 14.2 Å². The molecule has 4 rings (SSSR count). The van der Waals surface area contributed by atoms with Crippen LogP contribution in [-0.4, -0.2) is 26.8 Å². The molecule has 0 radical (unpaired) electrons. The first-order valence-corrected chi connectivity index (χ1v) is 7.52. The minimum Gasteiger partial charge on any atom is -0.492 e. The molecule has 0 saturated heterocycles. The summed E-state index contributed by atoms with van der Waals surface area (Å²) in [5, 5.41) is 0. The summed E-state index contributed by atoms with van der Waals surface area (Å²) in [6.07, 6.45) is 0.0382. The van der Waals surface area contributed by atoms with E-state index in [0.29, 0.717) is 28.6 Å². The monoisotopic (exact) mass is 328 g/mol. The predicted molar refractivity (Wildman–Crippen MR) is 83.8 cm³/mol. The Morgan fingerprint density at radius 2 is 1.88 bits per heavy atom. The maximum absolute atomic E-state index is 12.9. The molecule has 6 nitrogen and oxygen atoms in total. The van der Waals surface area contributed by atoms with Crippen LogP contribution in [0.5, 0.6) is 23.0 Å². The van der Waals surface area contributed by atoms with Crippen LogP contribution in [0.3, 0.4) is 0 Å². The zero-order valence-electron chi connectivity index (χ0n) is 13.3. The Hall–Kier alpha value is -2.73. The van der Waals surface area contributed by atoms with Crippen molar-refractivity contribution in [1.29, 1.82) is 0 Å². The number of ether oxygens (including phenoxy) is 5. The molecule has 2 aliphatic rings. The number of carbonyl (C=O) groups excluding carboxylic acids is 1. The molecule has 2 aromatic rings. The topological polar surface area (TPSA) is 63.2 Å². The second kappa shape index (κ2) is 5.42. The van der Waals surface area contributed by atoms with Gasteiger partial charge in [0.2, 0.25) is 18.3 Å². The fraction of sp³-hybridized carbons (Fsp3) is 0.278. The lowest BCUT2D eigenvalue weighted by Gasteiger charge is -2.37. The molecule has 1 atom stereocenters. The highest BCUT2D eigenvalue weighted by Crippen LogP contribution is 2.52. The first-order valence-electron chi connectivity index (χ1n) is 7.52.